The maximum Gasteiger partial charge on any atom is 0.345 e. The predicted molar refractivity (Wildman–Crippen MR) is 239 cm³/mol. The fraction of sp³-hybridized carbons (Fsp3) is 0.312. The van der Waals surface area contributed by atoms with Gasteiger partial charge in [0, 0.05) is 36.4 Å². The van der Waals surface area contributed by atoms with Crippen LogP contribution in [-0.2, 0) is 22.6 Å². The lowest BCUT2D eigenvalue weighted by molar-refractivity contribution is -0.145. The Hall–Kier alpha value is -5.89. The van der Waals surface area contributed by atoms with Crippen LogP contribution in [0.2, 0.25) is 0 Å². The van der Waals surface area contributed by atoms with Gasteiger partial charge in [-0.3, -0.25) is 4.98 Å². The number of ether oxygens (including phenoxy) is 4. The Bertz CT molecular complexity index is 2640. The molecule has 6 aromatic rings. The van der Waals surface area contributed by atoms with Gasteiger partial charge in [0.25, 0.3) is 0 Å². The van der Waals surface area contributed by atoms with Crippen molar-refractivity contribution < 1.29 is 33.2 Å². The van der Waals surface area contributed by atoms with Crippen LogP contribution in [-0.4, -0.2) is 75.3 Å². The molecule has 1 N–H and O–H groups in total. The first-order valence-corrected chi connectivity index (χ1v) is 21.8. The number of benzene rings is 3. The molecule has 320 valence electrons. The topological polar surface area (TPSA) is 129 Å². The highest BCUT2D eigenvalue weighted by Crippen LogP contribution is 2.47. The molecule has 14 heteroatoms. The maximum atomic E-state index is 14.8. The molecular weight excluding hydrogens is 829 g/mol. The highest BCUT2D eigenvalue weighted by Gasteiger charge is 2.30. The van der Waals surface area contributed by atoms with Crippen LogP contribution >= 0.6 is 23.1 Å². The SMILES string of the molecule is COc1ccccc1-c1nccc(COc2ccccc2C[C@@H](Oc2nsc3cnc(-c4cccc(F)c4)c(C4=C(C)C(Cl)=C(OCCC5CCN(C)CC5)CC4)c23)C(=O)O)n1. The average Bonchev–Trinajstić information content (AvgIpc) is 3.70. The Morgan fingerprint density at radius 3 is 2.58 bits per heavy atom. The highest BCUT2D eigenvalue weighted by molar-refractivity contribution is 7.13. The summed E-state index contributed by atoms with van der Waals surface area (Å²) in [5.41, 5.74) is 5.41. The van der Waals surface area contributed by atoms with E-state index in [-0.39, 0.29) is 18.9 Å². The fourth-order valence-electron chi connectivity index (χ4n) is 8.08. The Balaban J connectivity index is 1.08. The van der Waals surface area contributed by atoms with Gasteiger partial charge < -0.3 is 29.0 Å². The quantitative estimate of drug-likeness (QED) is 0.0998. The Morgan fingerprint density at radius 2 is 1.79 bits per heavy atom. The number of hydrogen-bond donors (Lipinski definition) is 1. The smallest absolute Gasteiger partial charge is 0.345 e. The minimum absolute atomic E-state index is 0.0352. The maximum absolute atomic E-state index is 14.8. The van der Waals surface area contributed by atoms with Gasteiger partial charge in [-0.15, -0.1) is 0 Å². The van der Waals surface area contributed by atoms with Crippen molar-refractivity contribution in [2.24, 2.45) is 5.92 Å². The first-order valence-electron chi connectivity index (χ1n) is 20.7. The highest BCUT2D eigenvalue weighted by atomic mass is 35.5. The number of carboxylic acid groups (broad SMARTS) is 1. The number of para-hydroxylation sites is 2. The number of carbonyl (C=O) groups is 1. The minimum Gasteiger partial charge on any atom is -0.496 e. The van der Waals surface area contributed by atoms with Crippen molar-refractivity contribution in [3.8, 4) is 40.0 Å². The van der Waals surface area contributed by atoms with Crippen LogP contribution in [0.4, 0.5) is 4.39 Å². The zero-order chi connectivity index (χ0) is 43.2. The Morgan fingerprint density at radius 1 is 1.00 bits per heavy atom. The lowest BCUT2D eigenvalue weighted by Gasteiger charge is -2.29. The second-order valence-electron chi connectivity index (χ2n) is 15.6. The molecule has 0 spiro atoms. The van der Waals surface area contributed by atoms with Crippen LogP contribution < -0.4 is 14.2 Å². The number of hydrogen-bond acceptors (Lipinski definition) is 11. The summed E-state index contributed by atoms with van der Waals surface area (Å²) in [4.78, 5) is 29.3. The fourth-order valence-corrected chi connectivity index (χ4v) is 9.04. The second kappa shape index (κ2) is 19.4. The number of aromatic nitrogens is 4. The first-order chi connectivity index (χ1) is 30.2. The number of allylic oxidation sites excluding steroid dienone is 4. The molecule has 0 amide bonds. The van der Waals surface area contributed by atoms with Crippen LogP contribution in [0.15, 0.2) is 108 Å². The molecule has 1 atom stereocenters. The molecule has 3 aromatic carbocycles. The number of nitrogens with zero attached hydrogens (tertiary/aromatic N) is 5. The summed E-state index contributed by atoms with van der Waals surface area (Å²) < 4.78 is 44.6. The minimum atomic E-state index is -1.35. The number of halogens is 2. The van der Waals surface area contributed by atoms with Crippen LogP contribution in [0.3, 0.4) is 0 Å². The molecule has 1 fully saturated rings. The number of likely N-dealkylation sites (tertiary alicyclic amines) is 1. The van der Waals surface area contributed by atoms with E-state index in [1.807, 2.05) is 49.4 Å². The van der Waals surface area contributed by atoms with Gasteiger partial charge >= 0.3 is 5.97 Å². The van der Waals surface area contributed by atoms with Gasteiger partial charge in [-0.05, 0) is 123 Å². The number of pyridine rings is 1. The summed E-state index contributed by atoms with van der Waals surface area (Å²) in [5.74, 6) is 1.54. The van der Waals surface area contributed by atoms with E-state index in [4.69, 9.17) is 40.5 Å². The van der Waals surface area contributed by atoms with E-state index < -0.39 is 17.9 Å². The van der Waals surface area contributed by atoms with Gasteiger partial charge in [0.2, 0.25) is 12.0 Å². The van der Waals surface area contributed by atoms with Crippen molar-refractivity contribution in [1.29, 1.82) is 0 Å². The van der Waals surface area contributed by atoms with Gasteiger partial charge in [-0.1, -0.05) is 54.1 Å². The Labute approximate surface area is 369 Å². The Kier molecular flexibility index (Phi) is 13.4. The van der Waals surface area contributed by atoms with E-state index in [9.17, 15) is 14.3 Å². The van der Waals surface area contributed by atoms with Gasteiger partial charge in [-0.25, -0.2) is 19.2 Å². The van der Waals surface area contributed by atoms with Crippen molar-refractivity contribution in [2.75, 3.05) is 33.9 Å². The number of piperidine rings is 1. The summed E-state index contributed by atoms with van der Waals surface area (Å²) in [6, 6.07) is 22.8. The number of carboxylic acids is 1. The van der Waals surface area contributed by atoms with E-state index >= 15 is 0 Å². The third-order valence-corrected chi connectivity index (χ3v) is 12.8. The van der Waals surface area contributed by atoms with Gasteiger partial charge in [0.15, 0.2) is 5.82 Å². The van der Waals surface area contributed by atoms with E-state index in [1.165, 1.54) is 12.1 Å². The van der Waals surface area contributed by atoms with Crippen LogP contribution in [0.5, 0.6) is 17.4 Å². The largest absolute Gasteiger partial charge is 0.496 e. The van der Waals surface area contributed by atoms with E-state index in [0.717, 1.165) is 66.4 Å². The molecule has 0 saturated carbocycles. The monoisotopic (exact) mass is 875 g/mol. The van der Waals surface area contributed by atoms with Crippen molar-refractivity contribution in [2.45, 2.75) is 58.2 Å². The van der Waals surface area contributed by atoms with Crippen molar-refractivity contribution in [3.63, 3.8) is 0 Å². The first kappa shape index (κ1) is 42.8. The number of methoxy groups -OCH3 is 1. The molecule has 3 aromatic heterocycles. The van der Waals surface area contributed by atoms with Gasteiger partial charge in [0.1, 0.15) is 29.7 Å². The zero-order valence-electron chi connectivity index (χ0n) is 34.8. The van der Waals surface area contributed by atoms with Crippen LogP contribution in [0.1, 0.15) is 55.8 Å². The summed E-state index contributed by atoms with van der Waals surface area (Å²) >= 11 is 8.27. The lowest BCUT2D eigenvalue weighted by Crippen LogP contribution is -2.30. The molecule has 11 nitrogen and oxygen atoms in total. The van der Waals surface area contributed by atoms with Crippen LogP contribution in [0, 0.1) is 11.7 Å². The molecule has 8 rings (SSSR count). The molecular formula is C48H47ClFN5O6S. The third-order valence-electron chi connectivity index (χ3n) is 11.5. The normalized spacial score (nSPS) is 15.5. The molecule has 2 aliphatic rings. The van der Waals surface area contributed by atoms with Crippen LogP contribution in [0.25, 0.3) is 38.3 Å². The molecule has 0 bridgehead atoms. The number of aliphatic carboxylic acids is 1. The van der Waals surface area contributed by atoms with Crippen molar-refractivity contribution >= 4 is 44.8 Å². The standard InChI is InChI=1S/C48H47ClFN5O6S/c1-29-35(15-16-39(44(29)49)59-24-20-30-18-22-55(2)23-19-30)42-43-41(27-52-45(42)32-10-8-11-33(50)25-32)62-54-47(43)61-40(48(56)57)26-31-9-4-6-13-37(31)60-28-34-17-21-51-46(53-34)36-12-5-7-14-38(36)58-3/h4-14,17,21,25,27,30,40H,15-16,18-20,22-24,26,28H2,1-3H3,(H,56,57)/t40-/m1/s1. The molecule has 0 unspecified atom stereocenters. The molecule has 0 radical (unpaired) electrons. The number of rotatable bonds is 16. The predicted octanol–water partition coefficient (Wildman–Crippen LogP) is 10.4. The zero-order valence-corrected chi connectivity index (χ0v) is 36.3. The van der Waals surface area contributed by atoms with Crippen molar-refractivity contribution in [1.82, 2.24) is 24.2 Å². The summed E-state index contributed by atoms with van der Waals surface area (Å²) in [6.07, 6.45) is 6.35. The number of fused-ring (bicyclic) bond motifs is 1. The third kappa shape index (κ3) is 9.60. The van der Waals surface area contributed by atoms with E-state index in [2.05, 4.69) is 21.3 Å². The second-order valence-corrected chi connectivity index (χ2v) is 16.7. The molecule has 62 heavy (non-hydrogen) atoms. The molecule has 1 aliphatic carbocycles. The molecule has 1 saturated heterocycles. The van der Waals surface area contributed by atoms with E-state index in [1.54, 1.807) is 43.8 Å². The molecule has 1 aliphatic heterocycles. The lowest BCUT2D eigenvalue weighted by atomic mass is 9.87. The van der Waals surface area contributed by atoms with E-state index in [0.29, 0.717) is 85.9 Å². The van der Waals surface area contributed by atoms with Gasteiger partial charge in [-0.2, -0.15) is 4.37 Å². The molecule has 4 heterocycles. The average molecular weight is 876 g/mol. The van der Waals surface area contributed by atoms with Crippen molar-refractivity contribution in [3.05, 3.63) is 130 Å². The summed E-state index contributed by atoms with van der Waals surface area (Å²) in [5, 5.41) is 11.7. The van der Waals surface area contributed by atoms with Gasteiger partial charge in [0.05, 0.1) is 45.8 Å². The summed E-state index contributed by atoms with van der Waals surface area (Å²) in [7, 11) is 3.76. The summed E-state index contributed by atoms with van der Waals surface area (Å²) in [6.45, 7) is 4.85.